The average molecular weight is 396 g/mol. The Kier molecular flexibility index (Phi) is 4.95. The lowest BCUT2D eigenvalue weighted by atomic mass is 10.0. The number of ether oxygens (including phenoxy) is 1. The van der Waals surface area contributed by atoms with Crippen molar-refractivity contribution < 1.29 is 19.4 Å². The summed E-state index contributed by atoms with van der Waals surface area (Å²) >= 11 is 2.03. The maximum Gasteiger partial charge on any atom is 0.336 e. The van der Waals surface area contributed by atoms with Gasteiger partial charge in [-0.15, -0.1) is 0 Å². The summed E-state index contributed by atoms with van der Waals surface area (Å²) in [6, 6.07) is 12.5. The molecule has 0 aromatic heterocycles. The van der Waals surface area contributed by atoms with Gasteiger partial charge in [-0.2, -0.15) is 0 Å². The third kappa shape index (κ3) is 3.81. The van der Waals surface area contributed by atoms with E-state index in [0.717, 1.165) is 5.56 Å². The second-order valence-corrected chi connectivity index (χ2v) is 5.63. The van der Waals surface area contributed by atoms with Gasteiger partial charge >= 0.3 is 5.97 Å². The zero-order valence-electron chi connectivity index (χ0n) is 11.3. The number of benzene rings is 2. The molecule has 2 aromatic carbocycles. The van der Waals surface area contributed by atoms with Crippen LogP contribution in [0.2, 0.25) is 0 Å². The molecule has 1 N–H and O–H groups in total. The lowest BCUT2D eigenvalue weighted by Gasteiger charge is -2.11. The maximum atomic E-state index is 11.5. The Balaban J connectivity index is 2.30. The number of ketones is 1. The van der Waals surface area contributed by atoms with Gasteiger partial charge in [0.05, 0.1) is 9.13 Å². The lowest BCUT2D eigenvalue weighted by Crippen LogP contribution is -2.08. The van der Waals surface area contributed by atoms with Gasteiger partial charge in [0.25, 0.3) is 0 Å². The largest absolute Gasteiger partial charge is 0.488 e. The topological polar surface area (TPSA) is 63.6 Å². The molecule has 0 saturated carbocycles. The third-order valence-electron chi connectivity index (χ3n) is 2.92. The summed E-state index contributed by atoms with van der Waals surface area (Å²) in [6.07, 6.45) is 0. The van der Waals surface area contributed by atoms with Crippen LogP contribution in [-0.4, -0.2) is 16.9 Å². The number of halogens is 1. The van der Waals surface area contributed by atoms with Crippen LogP contribution in [0.1, 0.15) is 33.2 Å². The number of carbonyl (C=O) groups is 2. The Labute approximate surface area is 135 Å². The number of aromatic carboxylic acids is 1. The van der Waals surface area contributed by atoms with Crippen molar-refractivity contribution >= 4 is 34.3 Å². The molecule has 21 heavy (non-hydrogen) atoms. The van der Waals surface area contributed by atoms with Gasteiger partial charge < -0.3 is 9.84 Å². The van der Waals surface area contributed by atoms with Crippen LogP contribution in [0.3, 0.4) is 0 Å². The Hall–Kier alpha value is -1.89. The van der Waals surface area contributed by atoms with Crippen molar-refractivity contribution in [1.29, 1.82) is 0 Å². The van der Waals surface area contributed by atoms with Gasteiger partial charge in [0.1, 0.15) is 12.4 Å². The van der Waals surface area contributed by atoms with Gasteiger partial charge in [-0.05, 0) is 47.2 Å². The van der Waals surface area contributed by atoms with E-state index in [1.54, 1.807) is 6.07 Å². The van der Waals surface area contributed by atoms with E-state index in [0.29, 0.717) is 15.9 Å². The molecule has 0 fully saturated rings. The van der Waals surface area contributed by atoms with Crippen LogP contribution in [0.25, 0.3) is 0 Å². The molecule has 0 saturated heterocycles. The van der Waals surface area contributed by atoms with Crippen molar-refractivity contribution in [2.24, 2.45) is 0 Å². The van der Waals surface area contributed by atoms with Crippen molar-refractivity contribution in [3.8, 4) is 5.75 Å². The van der Waals surface area contributed by atoms with Crippen LogP contribution in [-0.2, 0) is 6.61 Å². The van der Waals surface area contributed by atoms with E-state index in [1.807, 2.05) is 52.9 Å². The molecule has 0 spiro atoms. The predicted octanol–water partition coefficient (Wildman–Crippen LogP) is 3.77. The van der Waals surface area contributed by atoms with Crippen LogP contribution >= 0.6 is 22.6 Å². The fourth-order valence-electron chi connectivity index (χ4n) is 1.87. The normalized spacial score (nSPS) is 10.2. The van der Waals surface area contributed by atoms with Crippen molar-refractivity contribution in [2.75, 3.05) is 0 Å². The molecular weight excluding hydrogens is 383 g/mol. The monoisotopic (exact) mass is 396 g/mol. The van der Waals surface area contributed by atoms with Crippen LogP contribution in [0.5, 0.6) is 5.75 Å². The first-order valence-electron chi connectivity index (χ1n) is 6.23. The number of rotatable bonds is 5. The van der Waals surface area contributed by atoms with Crippen molar-refractivity contribution in [2.45, 2.75) is 13.5 Å². The highest BCUT2D eigenvalue weighted by atomic mass is 127. The fourth-order valence-corrected chi connectivity index (χ4v) is 2.49. The Bertz CT molecular complexity index is 680. The van der Waals surface area contributed by atoms with Crippen molar-refractivity contribution in [3.05, 3.63) is 62.7 Å². The predicted molar refractivity (Wildman–Crippen MR) is 86.9 cm³/mol. The highest BCUT2D eigenvalue weighted by Gasteiger charge is 2.17. The molecule has 0 aliphatic carbocycles. The molecule has 108 valence electrons. The summed E-state index contributed by atoms with van der Waals surface area (Å²) in [5, 5.41) is 9.20. The van der Waals surface area contributed by atoms with Gasteiger partial charge in [-0.25, -0.2) is 4.79 Å². The highest BCUT2D eigenvalue weighted by molar-refractivity contribution is 14.1. The zero-order valence-corrected chi connectivity index (χ0v) is 13.5. The summed E-state index contributed by atoms with van der Waals surface area (Å²) < 4.78 is 6.37. The Morgan fingerprint density at radius 1 is 1.14 bits per heavy atom. The smallest absolute Gasteiger partial charge is 0.336 e. The van der Waals surface area contributed by atoms with E-state index in [9.17, 15) is 14.7 Å². The minimum absolute atomic E-state index is 0.0361. The summed E-state index contributed by atoms with van der Waals surface area (Å²) in [5.74, 6) is -0.956. The van der Waals surface area contributed by atoms with Gasteiger partial charge in [0, 0.05) is 5.56 Å². The van der Waals surface area contributed by atoms with E-state index in [2.05, 4.69) is 0 Å². The molecule has 0 aliphatic heterocycles. The Morgan fingerprint density at radius 2 is 1.81 bits per heavy atom. The second kappa shape index (κ2) is 6.71. The number of carboxylic acids is 1. The summed E-state index contributed by atoms with van der Waals surface area (Å²) in [4.78, 5) is 22.8. The summed E-state index contributed by atoms with van der Waals surface area (Å²) in [5.41, 5.74) is 1.14. The minimum atomic E-state index is -1.14. The van der Waals surface area contributed by atoms with Crippen molar-refractivity contribution in [1.82, 2.24) is 0 Å². The lowest BCUT2D eigenvalue weighted by molar-refractivity contribution is 0.0691. The molecule has 0 atom stereocenters. The molecule has 2 aromatic rings. The van der Waals surface area contributed by atoms with Crippen LogP contribution in [0.4, 0.5) is 0 Å². The SMILES string of the molecule is CC(=O)c1cc(I)c(OCc2ccccc2)cc1C(=O)O. The Morgan fingerprint density at radius 3 is 2.38 bits per heavy atom. The summed E-state index contributed by atoms with van der Waals surface area (Å²) in [6.45, 7) is 1.69. The van der Waals surface area contributed by atoms with Gasteiger partial charge in [-0.1, -0.05) is 30.3 Å². The molecule has 0 heterocycles. The third-order valence-corrected chi connectivity index (χ3v) is 3.76. The van der Waals surface area contributed by atoms with Crippen molar-refractivity contribution in [3.63, 3.8) is 0 Å². The first kappa shape index (κ1) is 15.5. The second-order valence-electron chi connectivity index (χ2n) is 4.46. The van der Waals surface area contributed by atoms with Gasteiger partial charge in [0.2, 0.25) is 0 Å². The number of hydrogen-bond acceptors (Lipinski definition) is 3. The summed E-state index contributed by atoms with van der Waals surface area (Å²) in [7, 11) is 0. The molecule has 0 unspecified atom stereocenters. The molecule has 4 nitrogen and oxygen atoms in total. The standard InChI is InChI=1S/C16H13IO4/c1-10(18)12-7-14(17)15(8-13(12)16(19)20)21-9-11-5-3-2-4-6-11/h2-8H,9H2,1H3,(H,19,20). The zero-order chi connectivity index (χ0) is 15.4. The average Bonchev–Trinajstić information content (AvgIpc) is 2.46. The van der Waals surface area contributed by atoms with Crippen LogP contribution in [0, 0.1) is 3.57 Å². The molecule has 0 radical (unpaired) electrons. The van der Waals surface area contributed by atoms with Crippen LogP contribution < -0.4 is 4.74 Å². The van der Waals surface area contributed by atoms with Crippen LogP contribution in [0.15, 0.2) is 42.5 Å². The molecule has 0 bridgehead atoms. The highest BCUT2D eigenvalue weighted by Crippen LogP contribution is 2.27. The first-order valence-corrected chi connectivity index (χ1v) is 7.31. The van der Waals surface area contributed by atoms with E-state index >= 15 is 0 Å². The fraction of sp³-hybridized carbons (Fsp3) is 0.125. The first-order chi connectivity index (χ1) is 9.99. The molecule has 5 heteroatoms. The van der Waals surface area contributed by atoms with Gasteiger partial charge in [0.15, 0.2) is 5.78 Å². The van der Waals surface area contributed by atoms with E-state index in [4.69, 9.17) is 4.74 Å². The van der Waals surface area contributed by atoms with E-state index in [1.165, 1.54) is 13.0 Å². The maximum absolute atomic E-state index is 11.5. The van der Waals surface area contributed by atoms with E-state index in [-0.39, 0.29) is 16.9 Å². The van der Waals surface area contributed by atoms with E-state index < -0.39 is 5.97 Å². The quantitative estimate of drug-likeness (QED) is 0.618. The molecule has 0 amide bonds. The van der Waals surface area contributed by atoms with Gasteiger partial charge in [-0.3, -0.25) is 4.79 Å². The molecule has 0 aliphatic rings. The molecule has 2 rings (SSSR count). The number of carboxylic acid groups (broad SMARTS) is 1. The number of carbonyl (C=O) groups excluding carboxylic acids is 1. The molecular formula is C16H13IO4. The minimum Gasteiger partial charge on any atom is -0.488 e. The number of hydrogen-bond donors (Lipinski definition) is 1. The number of Topliss-reactive ketones (excluding diaryl/α,β-unsaturated/α-hetero) is 1.